The summed E-state index contributed by atoms with van der Waals surface area (Å²) in [5.74, 6) is 0.122. The first kappa shape index (κ1) is 19.5. The molecule has 10 heteroatoms. The van der Waals surface area contributed by atoms with Crippen molar-refractivity contribution in [1.82, 2.24) is 29.5 Å². The summed E-state index contributed by atoms with van der Waals surface area (Å²) in [5.41, 5.74) is 0.529. The van der Waals surface area contributed by atoms with Gasteiger partial charge in [0.2, 0.25) is 0 Å². The molecular formula is C22H16FN7O2. The Bertz CT molecular complexity index is 1580. The number of H-pyrrole nitrogens is 1. The van der Waals surface area contributed by atoms with Gasteiger partial charge in [-0.3, -0.25) is 19.1 Å². The molecule has 158 valence electrons. The smallest absolute Gasteiger partial charge is 0.266 e. The van der Waals surface area contributed by atoms with Crippen molar-refractivity contribution in [3.8, 4) is 5.69 Å². The minimum absolute atomic E-state index is 0.147. The first-order valence-electron chi connectivity index (χ1n) is 9.74. The molecule has 1 aromatic carbocycles. The fraction of sp³-hybridized carbons (Fsp3) is 0.0909. The summed E-state index contributed by atoms with van der Waals surface area (Å²) in [5, 5.41) is 3.61. The van der Waals surface area contributed by atoms with Crippen molar-refractivity contribution in [2.45, 2.75) is 13.0 Å². The van der Waals surface area contributed by atoms with Gasteiger partial charge >= 0.3 is 0 Å². The van der Waals surface area contributed by atoms with Crippen LogP contribution in [0.3, 0.4) is 0 Å². The van der Waals surface area contributed by atoms with E-state index in [1.54, 1.807) is 25.3 Å². The molecule has 4 heterocycles. The fourth-order valence-corrected chi connectivity index (χ4v) is 3.59. The zero-order valence-corrected chi connectivity index (χ0v) is 16.8. The molecule has 0 aliphatic carbocycles. The van der Waals surface area contributed by atoms with Gasteiger partial charge in [0, 0.05) is 18.5 Å². The second kappa shape index (κ2) is 7.65. The van der Waals surface area contributed by atoms with Gasteiger partial charge in [0.25, 0.3) is 5.56 Å². The van der Waals surface area contributed by atoms with Gasteiger partial charge in [0.15, 0.2) is 5.43 Å². The van der Waals surface area contributed by atoms with Gasteiger partial charge in [-0.15, -0.1) is 0 Å². The third-order valence-corrected chi connectivity index (χ3v) is 5.05. The molecule has 0 fully saturated rings. The molecule has 32 heavy (non-hydrogen) atoms. The fourth-order valence-electron chi connectivity index (χ4n) is 3.59. The number of halogens is 1. The number of aromatic amines is 1. The normalized spacial score (nSPS) is 12.2. The van der Waals surface area contributed by atoms with Gasteiger partial charge in [-0.1, -0.05) is 0 Å². The quantitative estimate of drug-likeness (QED) is 0.451. The number of nitrogens with one attached hydrogen (secondary N) is 2. The maximum Gasteiger partial charge on any atom is 0.266 e. The molecule has 0 saturated carbocycles. The number of hydrogen-bond acceptors (Lipinski definition) is 7. The Balaban J connectivity index is 1.71. The lowest BCUT2D eigenvalue weighted by molar-refractivity contribution is 0.629. The largest absolute Gasteiger partial charge is 0.360 e. The Morgan fingerprint density at radius 3 is 2.84 bits per heavy atom. The summed E-state index contributed by atoms with van der Waals surface area (Å²) in [4.78, 5) is 45.7. The van der Waals surface area contributed by atoms with Crippen LogP contribution in [0.15, 0.2) is 70.9 Å². The molecule has 0 saturated heterocycles. The summed E-state index contributed by atoms with van der Waals surface area (Å²) in [6.45, 7) is 1.79. The van der Waals surface area contributed by atoms with Crippen molar-refractivity contribution in [2.24, 2.45) is 0 Å². The summed E-state index contributed by atoms with van der Waals surface area (Å²) in [6.07, 6.45) is 5.95. The number of hydrogen-bond donors (Lipinski definition) is 2. The Morgan fingerprint density at radius 1 is 1.16 bits per heavy atom. The van der Waals surface area contributed by atoms with Crippen LogP contribution in [0.5, 0.6) is 0 Å². The van der Waals surface area contributed by atoms with Crippen LogP contribution in [0.25, 0.3) is 27.6 Å². The highest BCUT2D eigenvalue weighted by Gasteiger charge is 2.20. The van der Waals surface area contributed by atoms with Gasteiger partial charge in [-0.2, -0.15) is 0 Å². The van der Waals surface area contributed by atoms with Gasteiger partial charge in [-0.25, -0.2) is 19.3 Å². The third-order valence-electron chi connectivity index (χ3n) is 5.05. The Hall–Kier alpha value is -4.47. The maximum atomic E-state index is 13.8. The lowest BCUT2D eigenvalue weighted by atomic mass is 10.2. The lowest BCUT2D eigenvalue weighted by Gasteiger charge is -2.20. The number of rotatable bonds is 4. The Kier molecular flexibility index (Phi) is 4.66. The van der Waals surface area contributed by atoms with Crippen LogP contribution in [-0.2, 0) is 0 Å². The predicted octanol–water partition coefficient (Wildman–Crippen LogP) is 2.72. The van der Waals surface area contributed by atoms with E-state index in [-0.39, 0.29) is 10.8 Å². The van der Waals surface area contributed by atoms with Crippen molar-refractivity contribution in [3.63, 3.8) is 0 Å². The van der Waals surface area contributed by atoms with E-state index in [0.29, 0.717) is 33.9 Å². The van der Waals surface area contributed by atoms with Gasteiger partial charge in [0.1, 0.15) is 34.8 Å². The van der Waals surface area contributed by atoms with Gasteiger partial charge in [-0.05, 0) is 37.3 Å². The Labute approximate surface area is 179 Å². The standard InChI is InChI=1S/C22H16FN7O2/c1-12(28-20-18-17(31)6-8-25-19(18)26-11-27-20)21-29-16-5-4-13(23)9-15(16)22(32)30(21)14-3-2-7-24-10-14/h2-12H,1H3,(H2,25,26,27,28,31). The number of pyridine rings is 2. The van der Waals surface area contributed by atoms with E-state index in [2.05, 4.69) is 30.2 Å². The molecule has 2 N–H and O–H groups in total. The molecule has 1 unspecified atom stereocenters. The zero-order valence-electron chi connectivity index (χ0n) is 16.8. The van der Waals surface area contributed by atoms with E-state index in [0.717, 1.165) is 6.07 Å². The molecule has 9 nitrogen and oxygen atoms in total. The SMILES string of the molecule is CC(Nc1ncnc2[nH]ccc(=O)c12)c1nc2ccc(F)cc2c(=O)n1-c1cccnc1. The average Bonchev–Trinajstić information content (AvgIpc) is 2.80. The number of nitrogens with zero attached hydrogens (tertiary/aromatic N) is 5. The molecule has 0 radical (unpaired) electrons. The molecule has 0 aliphatic rings. The second-order valence-corrected chi connectivity index (χ2v) is 7.14. The summed E-state index contributed by atoms with van der Waals surface area (Å²) < 4.78 is 15.2. The average molecular weight is 429 g/mol. The van der Waals surface area contributed by atoms with Crippen molar-refractivity contribution < 1.29 is 4.39 Å². The van der Waals surface area contributed by atoms with Crippen molar-refractivity contribution in [3.05, 3.63) is 93.5 Å². The molecule has 0 aliphatic heterocycles. The molecule has 5 rings (SSSR count). The van der Waals surface area contributed by atoms with E-state index in [4.69, 9.17) is 0 Å². The number of aromatic nitrogens is 6. The Morgan fingerprint density at radius 2 is 2.03 bits per heavy atom. The topological polar surface area (TPSA) is 118 Å². The minimum Gasteiger partial charge on any atom is -0.360 e. The van der Waals surface area contributed by atoms with Crippen molar-refractivity contribution in [1.29, 1.82) is 0 Å². The van der Waals surface area contributed by atoms with E-state index in [1.807, 2.05) is 0 Å². The molecular weight excluding hydrogens is 413 g/mol. The monoisotopic (exact) mass is 429 g/mol. The zero-order chi connectivity index (χ0) is 22.2. The van der Waals surface area contributed by atoms with Crippen LogP contribution in [0.4, 0.5) is 10.2 Å². The highest BCUT2D eigenvalue weighted by Crippen LogP contribution is 2.23. The van der Waals surface area contributed by atoms with Crippen molar-refractivity contribution in [2.75, 3.05) is 5.32 Å². The maximum absolute atomic E-state index is 13.8. The van der Waals surface area contributed by atoms with Crippen LogP contribution in [0.2, 0.25) is 0 Å². The van der Waals surface area contributed by atoms with Gasteiger partial charge in [0.05, 0.1) is 28.8 Å². The number of anilines is 1. The minimum atomic E-state index is -0.560. The van der Waals surface area contributed by atoms with E-state index >= 15 is 0 Å². The lowest BCUT2D eigenvalue weighted by Crippen LogP contribution is -2.27. The van der Waals surface area contributed by atoms with Crippen LogP contribution < -0.4 is 16.3 Å². The van der Waals surface area contributed by atoms with Gasteiger partial charge < -0.3 is 10.3 Å². The predicted molar refractivity (Wildman–Crippen MR) is 117 cm³/mol. The first-order valence-corrected chi connectivity index (χ1v) is 9.74. The third kappa shape index (κ3) is 3.27. The van der Waals surface area contributed by atoms with Crippen LogP contribution in [0, 0.1) is 5.82 Å². The van der Waals surface area contributed by atoms with E-state index in [1.165, 1.54) is 41.5 Å². The highest BCUT2D eigenvalue weighted by molar-refractivity contribution is 5.86. The van der Waals surface area contributed by atoms with E-state index < -0.39 is 17.4 Å². The number of fused-ring (bicyclic) bond motifs is 2. The molecule has 1 atom stereocenters. The molecule has 0 bridgehead atoms. The summed E-state index contributed by atoms with van der Waals surface area (Å²) in [6, 6.07) is 8.10. The van der Waals surface area contributed by atoms with Crippen LogP contribution in [-0.4, -0.2) is 29.5 Å². The summed E-state index contributed by atoms with van der Waals surface area (Å²) >= 11 is 0. The van der Waals surface area contributed by atoms with Crippen LogP contribution >= 0.6 is 0 Å². The molecule has 4 aromatic heterocycles. The van der Waals surface area contributed by atoms with Crippen LogP contribution in [0.1, 0.15) is 18.8 Å². The van der Waals surface area contributed by atoms with Crippen molar-refractivity contribution >= 4 is 27.8 Å². The summed E-state index contributed by atoms with van der Waals surface area (Å²) in [7, 11) is 0. The number of benzene rings is 1. The first-order chi connectivity index (χ1) is 15.5. The highest BCUT2D eigenvalue weighted by atomic mass is 19.1. The molecule has 5 aromatic rings. The molecule has 0 spiro atoms. The second-order valence-electron chi connectivity index (χ2n) is 7.14. The molecule has 0 amide bonds. The van der Waals surface area contributed by atoms with E-state index in [9.17, 15) is 14.0 Å².